The van der Waals surface area contributed by atoms with Crippen LogP contribution in [0, 0.1) is 6.92 Å². The smallest absolute Gasteiger partial charge is 0.315 e. The molecule has 2 aliphatic carbocycles. The number of nitrogens with one attached hydrogen (secondary N) is 1. The topological polar surface area (TPSA) is 87.4 Å². The summed E-state index contributed by atoms with van der Waals surface area (Å²) in [5.74, 6) is 1.56. The third-order valence-electron chi connectivity index (χ3n) is 6.50. The molecule has 0 radical (unpaired) electrons. The lowest BCUT2D eigenvalue weighted by molar-refractivity contribution is 0.116. The molecular weight excluding hydrogens is 412 g/mol. The van der Waals surface area contributed by atoms with Gasteiger partial charge in [-0.2, -0.15) is 4.98 Å². The third kappa shape index (κ3) is 4.56. The Labute approximate surface area is 189 Å². The molecule has 1 aromatic heterocycles. The van der Waals surface area contributed by atoms with Crippen molar-refractivity contribution in [3.05, 3.63) is 46.6 Å². The maximum atomic E-state index is 12.5. The molecule has 8 heteroatoms. The van der Waals surface area contributed by atoms with Crippen molar-refractivity contribution in [2.24, 2.45) is 5.73 Å². The van der Waals surface area contributed by atoms with Crippen LogP contribution in [0.25, 0.3) is 0 Å². The second-order valence-electron chi connectivity index (χ2n) is 8.98. The average molecular weight is 443 g/mol. The molecule has 3 N–H and O–H groups in total. The van der Waals surface area contributed by atoms with E-state index in [1.165, 1.54) is 0 Å². The zero-order chi connectivity index (χ0) is 22.2. The number of benzene rings is 1. The fourth-order valence-corrected chi connectivity index (χ4v) is 4.92. The van der Waals surface area contributed by atoms with Gasteiger partial charge >= 0.3 is 6.03 Å². The Morgan fingerprint density at radius 2 is 1.77 bits per heavy atom. The highest BCUT2D eigenvalue weighted by atomic mass is 35.5. The number of hydrogen-bond donors (Lipinski definition) is 2. The molecule has 31 heavy (non-hydrogen) atoms. The molecule has 1 heterocycles. The largest absolute Gasteiger partial charge is 0.363 e. The lowest BCUT2D eigenvalue weighted by Crippen LogP contribution is -2.52. The number of rotatable bonds is 6. The average Bonchev–Trinajstić information content (AvgIpc) is 3.50. The zero-order valence-corrected chi connectivity index (χ0v) is 19.2. The summed E-state index contributed by atoms with van der Waals surface area (Å²) < 4.78 is 0. The van der Waals surface area contributed by atoms with Gasteiger partial charge < -0.3 is 20.9 Å². The van der Waals surface area contributed by atoms with Gasteiger partial charge in [-0.25, -0.2) is 9.78 Å². The summed E-state index contributed by atoms with van der Waals surface area (Å²) >= 11 is 6.07. The molecule has 2 fully saturated rings. The van der Waals surface area contributed by atoms with Gasteiger partial charge in [-0.05, 0) is 63.1 Å². The van der Waals surface area contributed by atoms with Gasteiger partial charge in [-0.1, -0.05) is 23.7 Å². The highest BCUT2D eigenvalue weighted by molar-refractivity contribution is 6.30. The number of nitrogens with zero attached hydrogens (tertiary/aromatic N) is 4. The Balaban J connectivity index is 1.44. The van der Waals surface area contributed by atoms with Crippen LogP contribution in [-0.4, -0.2) is 47.1 Å². The second kappa shape index (κ2) is 8.54. The Kier molecular flexibility index (Phi) is 5.97. The number of hydrogen-bond acceptors (Lipinski definition) is 5. The first-order valence-corrected chi connectivity index (χ1v) is 11.3. The molecule has 0 aliphatic heterocycles. The second-order valence-corrected chi connectivity index (χ2v) is 9.42. The molecular formula is C23H31ClN6O. The van der Waals surface area contributed by atoms with Gasteiger partial charge in [0.25, 0.3) is 0 Å². The number of halogens is 1. The van der Waals surface area contributed by atoms with Gasteiger partial charge in [0.05, 0.1) is 5.54 Å². The number of nitrogens with two attached hydrogens (primary N) is 1. The van der Waals surface area contributed by atoms with E-state index in [2.05, 4.69) is 15.3 Å². The number of urea groups is 1. The minimum Gasteiger partial charge on any atom is -0.363 e. The van der Waals surface area contributed by atoms with Crippen molar-refractivity contribution in [3.8, 4) is 0 Å². The maximum Gasteiger partial charge on any atom is 0.315 e. The molecule has 0 saturated heterocycles. The van der Waals surface area contributed by atoms with Crippen molar-refractivity contribution in [2.75, 3.05) is 24.3 Å². The first-order chi connectivity index (χ1) is 14.8. The van der Waals surface area contributed by atoms with Crippen LogP contribution in [-0.2, 0) is 5.54 Å². The van der Waals surface area contributed by atoms with Crippen molar-refractivity contribution in [2.45, 2.75) is 63.1 Å². The minimum absolute atomic E-state index is 0.143. The van der Waals surface area contributed by atoms with Crippen molar-refractivity contribution < 1.29 is 4.79 Å². The van der Waals surface area contributed by atoms with Crippen LogP contribution in [0.3, 0.4) is 0 Å². The van der Waals surface area contributed by atoms with Crippen LogP contribution >= 0.6 is 11.6 Å². The number of amides is 2. The number of carbonyl (C=O) groups is 1. The number of aromatic nitrogens is 2. The first kappa shape index (κ1) is 21.7. The van der Waals surface area contributed by atoms with E-state index in [1.807, 2.05) is 61.2 Å². The molecule has 7 nitrogen and oxygen atoms in total. The van der Waals surface area contributed by atoms with Crippen molar-refractivity contribution >= 4 is 29.4 Å². The van der Waals surface area contributed by atoms with E-state index in [4.69, 9.17) is 17.3 Å². The summed E-state index contributed by atoms with van der Waals surface area (Å²) in [4.78, 5) is 25.6. The minimum atomic E-state index is -0.332. The summed E-state index contributed by atoms with van der Waals surface area (Å²) in [6, 6.07) is 9.89. The van der Waals surface area contributed by atoms with Gasteiger partial charge in [0.1, 0.15) is 5.82 Å². The fraction of sp³-hybridized carbons (Fsp3) is 0.522. The van der Waals surface area contributed by atoms with E-state index in [-0.39, 0.29) is 23.7 Å². The van der Waals surface area contributed by atoms with E-state index in [9.17, 15) is 4.79 Å². The van der Waals surface area contributed by atoms with Crippen molar-refractivity contribution in [1.82, 2.24) is 14.9 Å². The quantitative estimate of drug-likeness (QED) is 0.696. The van der Waals surface area contributed by atoms with Crippen LogP contribution in [0.15, 0.2) is 30.3 Å². The molecule has 2 aliphatic rings. The van der Waals surface area contributed by atoms with E-state index >= 15 is 0 Å². The Bertz CT molecular complexity index is 936. The summed E-state index contributed by atoms with van der Waals surface area (Å²) in [5, 5.41) is 4.20. The molecule has 0 atom stereocenters. The Morgan fingerprint density at radius 1 is 1.13 bits per heavy atom. The van der Waals surface area contributed by atoms with Crippen molar-refractivity contribution in [1.29, 1.82) is 0 Å². The van der Waals surface area contributed by atoms with Crippen LogP contribution in [0.2, 0.25) is 5.02 Å². The summed E-state index contributed by atoms with van der Waals surface area (Å²) in [6.45, 7) is 1.98. The highest BCUT2D eigenvalue weighted by Gasteiger charge is 2.53. The summed E-state index contributed by atoms with van der Waals surface area (Å²) in [5.41, 5.74) is 7.69. The molecule has 0 bridgehead atoms. The molecule has 2 aromatic rings. The normalized spacial score (nSPS) is 21.9. The molecule has 0 spiro atoms. The van der Waals surface area contributed by atoms with Crippen LogP contribution in [0.4, 0.5) is 16.6 Å². The van der Waals surface area contributed by atoms with Gasteiger partial charge in [0.2, 0.25) is 5.95 Å². The van der Waals surface area contributed by atoms with Gasteiger partial charge in [0, 0.05) is 43.0 Å². The van der Waals surface area contributed by atoms with Gasteiger partial charge in [-0.3, -0.25) is 0 Å². The SMILES string of the molecule is Cc1cc(N(C)C)nc(NC2CCC(N(C(N)=O)C3(c4ccc(Cl)cc4)CC3)CC2)n1. The fourth-order valence-electron chi connectivity index (χ4n) is 4.79. The van der Waals surface area contributed by atoms with Gasteiger partial charge in [-0.15, -0.1) is 0 Å². The zero-order valence-electron chi connectivity index (χ0n) is 18.4. The van der Waals surface area contributed by atoms with E-state index in [0.717, 1.165) is 55.6 Å². The Hall–Kier alpha value is -2.54. The molecule has 2 saturated carbocycles. The number of primary amides is 1. The summed E-state index contributed by atoms with van der Waals surface area (Å²) in [7, 11) is 3.95. The van der Waals surface area contributed by atoms with Crippen molar-refractivity contribution in [3.63, 3.8) is 0 Å². The van der Waals surface area contributed by atoms with E-state index < -0.39 is 0 Å². The lowest BCUT2D eigenvalue weighted by Gasteiger charge is -2.41. The number of aryl methyl sites for hydroxylation is 1. The monoisotopic (exact) mass is 442 g/mol. The molecule has 1 aromatic carbocycles. The van der Waals surface area contributed by atoms with E-state index in [0.29, 0.717) is 11.0 Å². The number of carbonyl (C=O) groups excluding carboxylic acids is 1. The summed E-state index contributed by atoms with van der Waals surface area (Å²) in [6.07, 6.45) is 5.59. The Morgan fingerprint density at radius 3 is 2.32 bits per heavy atom. The standard InChI is InChI=1S/C23H31ClN6O/c1-15-14-20(29(2)3)28-22(26-15)27-18-8-10-19(11-9-18)30(21(25)31)23(12-13-23)16-4-6-17(24)7-5-16/h4-7,14,18-19H,8-13H2,1-3H3,(H2,25,31)(H,26,27,28). The molecule has 2 amide bonds. The third-order valence-corrected chi connectivity index (χ3v) is 6.75. The highest BCUT2D eigenvalue weighted by Crippen LogP contribution is 2.53. The lowest BCUT2D eigenvalue weighted by atomic mass is 9.88. The van der Waals surface area contributed by atoms with Gasteiger partial charge in [0.15, 0.2) is 0 Å². The molecule has 4 rings (SSSR count). The van der Waals surface area contributed by atoms with Crippen LogP contribution in [0.1, 0.15) is 49.8 Å². The van der Waals surface area contributed by atoms with Crippen LogP contribution in [0.5, 0.6) is 0 Å². The number of anilines is 2. The predicted molar refractivity (Wildman–Crippen MR) is 125 cm³/mol. The molecule has 0 unspecified atom stereocenters. The van der Waals surface area contributed by atoms with Crippen LogP contribution < -0.4 is 16.0 Å². The first-order valence-electron chi connectivity index (χ1n) is 10.9. The van der Waals surface area contributed by atoms with E-state index in [1.54, 1.807) is 0 Å². The maximum absolute atomic E-state index is 12.5. The molecule has 166 valence electrons. The predicted octanol–water partition coefficient (Wildman–Crippen LogP) is 4.30.